The van der Waals surface area contributed by atoms with Crippen LogP contribution in [-0.2, 0) is 9.53 Å². The summed E-state index contributed by atoms with van der Waals surface area (Å²) in [5, 5.41) is 12.0. The molecule has 4 N–H and O–H groups in total. The molecule has 0 spiro atoms. The molecule has 1 amide bonds. The maximum atomic E-state index is 14.7. The molecule has 0 saturated heterocycles. The van der Waals surface area contributed by atoms with Crippen molar-refractivity contribution in [2.24, 2.45) is 29.4 Å². The Morgan fingerprint density at radius 1 is 0.963 bits per heavy atom. The molecule has 2 aromatic carbocycles. The molecule has 0 unspecified atom stereocenters. The van der Waals surface area contributed by atoms with E-state index in [0.29, 0.717) is 41.1 Å². The number of carbonyl (C=O) groups excluding carboxylic acids is 2. The minimum absolute atomic E-state index is 0.0299. The number of amides is 1. The van der Waals surface area contributed by atoms with Crippen molar-refractivity contribution in [1.29, 1.82) is 0 Å². The minimum Gasteiger partial charge on any atom is -0.496 e. The molecule has 0 aliphatic heterocycles. The van der Waals surface area contributed by atoms with Gasteiger partial charge in [0.25, 0.3) is 5.91 Å². The molecule has 1 aromatic heterocycles. The highest BCUT2D eigenvalue weighted by atomic mass is 16.6. The third-order valence-corrected chi connectivity index (χ3v) is 11.8. The van der Waals surface area contributed by atoms with Crippen LogP contribution < -0.4 is 25.8 Å². The van der Waals surface area contributed by atoms with Gasteiger partial charge in [0.15, 0.2) is 5.69 Å². The van der Waals surface area contributed by atoms with E-state index in [1.54, 1.807) is 20.3 Å². The lowest BCUT2D eigenvalue weighted by Gasteiger charge is -2.59. The summed E-state index contributed by atoms with van der Waals surface area (Å²) in [5.74, 6) is 1.87. The molecule has 0 radical (unpaired) electrons. The smallest absolute Gasteiger partial charge is 0.332 e. The molecule has 4 bridgehead atoms. The van der Waals surface area contributed by atoms with Gasteiger partial charge in [-0.05, 0) is 164 Å². The number of nitrogens with one attached hydrogen (secondary N) is 2. The second-order valence-corrected chi connectivity index (χ2v) is 17.1. The Labute approximate surface area is 321 Å². The van der Waals surface area contributed by atoms with Crippen LogP contribution in [-0.4, -0.2) is 85.1 Å². The first-order chi connectivity index (χ1) is 25.8. The van der Waals surface area contributed by atoms with Gasteiger partial charge in [-0.2, -0.15) is 5.10 Å². The van der Waals surface area contributed by atoms with E-state index in [-0.39, 0.29) is 35.3 Å². The fourth-order valence-electron chi connectivity index (χ4n) is 9.46. The van der Waals surface area contributed by atoms with Crippen LogP contribution in [0.25, 0.3) is 16.9 Å². The lowest BCUT2D eigenvalue weighted by molar-refractivity contribution is -0.180. The van der Waals surface area contributed by atoms with Crippen molar-refractivity contribution in [3.8, 4) is 28.4 Å². The number of nitrogens with two attached hydrogens (primary N) is 1. The number of benzene rings is 2. The SMILES string of the molecule is COc1cccc(OC)c1-c1cc(C(=O)NC2(C(=O)OC(C)(C)C)C3CC4CC(C3)CC2C4)nn1-c1ccc(NCCCN(C)CCCN)cc1C(C)C. The highest BCUT2D eigenvalue weighted by Crippen LogP contribution is 2.59. The first-order valence-electron chi connectivity index (χ1n) is 19.9. The van der Waals surface area contributed by atoms with Gasteiger partial charge in [0.1, 0.15) is 22.6 Å². The van der Waals surface area contributed by atoms with E-state index >= 15 is 0 Å². The monoisotopic (exact) mass is 742 g/mol. The van der Waals surface area contributed by atoms with Gasteiger partial charge in [0.05, 0.1) is 31.2 Å². The number of hydrogen-bond acceptors (Lipinski definition) is 9. The second kappa shape index (κ2) is 16.3. The first-order valence-corrected chi connectivity index (χ1v) is 19.9. The zero-order chi connectivity index (χ0) is 38.8. The predicted octanol–water partition coefficient (Wildman–Crippen LogP) is 7.03. The van der Waals surface area contributed by atoms with E-state index in [1.165, 1.54) is 6.42 Å². The third kappa shape index (κ3) is 8.13. The van der Waals surface area contributed by atoms with Crippen LogP contribution in [0.3, 0.4) is 0 Å². The molecular weight excluding hydrogens is 681 g/mol. The Morgan fingerprint density at radius 3 is 2.17 bits per heavy atom. The molecule has 294 valence electrons. The maximum absolute atomic E-state index is 14.7. The van der Waals surface area contributed by atoms with Crippen LogP contribution in [0.4, 0.5) is 5.69 Å². The molecule has 4 fully saturated rings. The summed E-state index contributed by atoms with van der Waals surface area (Å²) in [6, 6.07) is 13.7. The van der Waals surface area contributed by atoms with Crippen molar-refractivity contribution < 1.29 is 23.8 Å². The number of methoxy groups -OCH3 is 2. The Hall–Kier alpha value is -4.09. The summed E-state index contributed by atoms with van der Waals surface area (Å²) >= 11 is 0. The molecule has 4 aliphatic rings. The number of nitrogens with zero attached hydrogens (tertiary/aromatic N) is 3. The van der Waals surface area contributed by atoms with E-state index in [1.807, 2.05) is 43.7 Å². The average Bonchev–Trinajstić information content (AvgIpc) is 3.57. The van der Waals surface area contributed by atoms with Crippen molar-refractivity contribution in [1.82, 2.24) is 20.0 Å². The maximum Gasteiger partial charge on any atom is 0.332 e. The Kier molecular flexibility index (Phi) is 12.0. The number of ether oxygens (including phenoxy) is 3. The minimum atomic E-state index is -1.10. The third-order valence-electron chi connectivity index (χ3n) is 11.8. The summed E-state index contributed by atoms with van der Waals surface area (Å²) in [5.41, 5.74) is 8.38. The molecule has 4 saturated carbocycles. The molecular formula is C43H62N6O5. The fraction of sp³-hybridized carbons (Fsp3) is 0.605. The largest absolute Gasteiger partial charge is 0.496 e. The van der Waals surface area contributed by atoms with Crippen molar-refractivity contribution >= 4 is 17.6 Å². The molecule has 7 rings (SSSR count). The van der Waals surface area contributed by atoms with Crippen molar-refractivity contribution in [3.63, 3.8) is 0 Å². The van der Waals surface area contributed by atoms with E-state index in [4.69, 9.17) is 25.0 Å². The van der Waals surface area contributed by atoms with E-state index < -0.39 is 11.1 Å². The van der Waals surface area contributed by atoms with E-state index in [0.717, 1.165) is 75.1 Å². The van der Waals surface area contributed by atoms with Gasteiger partial charge in [-0.3, -0.25) is 4.79 Å². The van der Waals surface area contributed by atoms with Gasteiger partial charge in [-0.15, -0.1) is 0 Å². The second-order valence-electron chi connectivity index (χ2n) is 17.1. The lowest BCUT2D eigenvalue weighted by atomic mass is 9.48. The number of carbonyl (C=O) groups is 2. The van der Waals surface area contributed by atoms with Gasteiger partial charge in [0, 0.05) is 12.2 Å². The number of aromatic nitrogens is 2. The summed E-state index contributed by atoms with van der Waals surface area (Å²) in [4.78, 5) is 31.3. The quantitative estimate of drug-likeness (QED) is 0.105. The van der Waals surface area contributed by atoms with E-state index in [9.17, 15) is 9.59 Å². The Balaban J connectivity index is 1.38. The van der Waals surface area contributed by atoms with Crippen LogP contribution in [0.15, 0.2) is 42.5 Å². The molecule has 4 aliphatic carbocycles. The van der Waals surface area contributed by atoms with Crippen LogP contribution in [0.2, 0.25) is 0 Å². The highest BCUT2D eigenvalue weighted by molar-refractivity contribution is 5.98. The van der Waals surface area contributed by atoms with Gasteiger partial charge >= 0.3 is 5.97 Å². The molecule has 11 heteroatoms. The highest BCUT2D eigenvalue weighted by Gasteiger charge is 2.63. The van der Waals surface area contributed by atoms with Crippen LogP contribution >= 0.6 is 0 Å². The normalized spacial score (nSPS) is 23.2. The molecule has 11 nitrogen and oxygen atoms in total. The average molecular weight is 743 g/mol. The van der Waals surface area contributed by atoms with Crippen molar-refractivity contribution in [3.05, 3.63) is 53.7 Å². The topological polar surface area (TPSA) is 133 Å². The summed E-state index contributed by atoms with van der Waals surface area (Å²) in [6.45, 7) is 13.5. The standard InChI is InChI=1S/C43H62N6O5/c1-27(2)33-25-32(45-17-11-19-48(6)18-10-16-44)14-15-35(33)49-36(39-37(52-7)12-9-13-38(39)53-8)26-34(47-49)40(50)46-43(41(51)54-42(3,4)5)30-21-28-20-29(23-30)24-31(43)22-28/h9,12-15,25-31,45H,10-11,16-24,44H2,1-8H3,(H,46,50). The zero-order valence-corrected chi connectivity index (χ0v) is 33.7. The number of rotatable bonds is 16. The van der Waals surface area contributed by atoms with Gasteiger partial charge in [-0.1, -0.05) is 19.9 Å². The first kappa shape index (κ1) is 39.6. The number of esters is 1. The fourth-order valence-corrected chi connectivity index (χ4v) is 9.46. The van der Waals surface area contributed by atoms with Gasteiger partial charge in [0.2, 0.25) is 0 Å². The van der Waals surface area contributed by atoms with E-state index in [2.05, 4.69) is 54.6 Å². The summed E-state index contributed by atoms with van der Waals surface area (Å²) in [6.07, 6.45) is 6.92. The molecule has 0 atom stereocenters. The molecule has 3 aromatic rings. The molecule has 1 heterocycles. The van der Waals surface area contributed by atoms with Crippen LogP contribution in [0, 0.1) is 23.7 Å². The van der Waals surface area contributed by atoms with Gasteiger partial charge < -0.3 is 35.5 Å². The van der Waals surface area contributed by atoms with Crippen LogP contribution in [0.5, 0.6) is 11.5 Å². The lowest BCUT2D eigenvalue weighted by Crippen LogP contribution is -2.71. The summed E-state index contributed by atoms with van der Waals surface area (Å²) < 4.78 is 19.7. The number of hydrogen-bond donors (Lipinski definition) is 3. The zero-order valence-electron chi connectivity index (χ0n) is 33.7. The van der Waals surface area contributed by atoms with Gasteiger partial charge in [-0.25, -0.2) is 9.48 Å². The van der Waals surface area contributed by atoms with Crippen molar-refractivity contribution in [2.45, 2.75) is 96.6 Å². The predicted molar refractivity (Wildman–Crippen MR) is 214 cm³/mol. The van der Waals surface area contributed by atoms with Crippen LogP contribution in [0.1, 0.15) is 102 Å². The van der Waals surface area contributed by atoms with Crippen molar-refractivity contribution in [2.75, 3.05) is 52.8 Å². The summed E-state index contributed by atoms with van der Waals surface area (Å²) in [7, 11) is 5.38. The Bertz CT molecular complexity index is 1740. The number of anilines is 1. The Morgan fingerprint density at radius 2 is 1.59 bits per heavy atom. The molecule has 54 heavy (non-hydrogen) atoms.